The van der Waals surface area contributed by atoms with Crippen LogP contribution >= 0.6 is 0 Å². The van der Waals surface area contributed by atoms with Crippen molar-refractivity contribution in [3.05, 3.63) is 59.5 Å². The fraction of sp³-hybridized carbons (Fsp3) is 0.278. The van der Waals surface area contributed by atoms with Crippen LogP contribution in [0.25, 0.3) is 10.9 Å². The number of anilines is 1. The Balaban J connectivity index is 1.61. The minimum atomic E-state index is 0.834. The van der Waals surface area contributed by atoms with Gasteiger partial charge in [0.05, 0.1) is 0 Å². The number of aryl methyl sites for hydroxylation is 2. The van der Waals surface area contributed by atoms with Crippen LogP contribution < -0.4 is 5.32 Å². The van der Waals surface area contributed by atoms with Gasteiger partial charge in [-0.1, -0.05) is 0 Å². The quantitative estimate of drug-likeness (QED) is 0.758. The molecule has 0 spiro atoms. The highest BCUT2D eigenvalue weighted by atomic mass is 14.9. The van der Waals surface area contributed by atoms with E-state index in [1.807, 2.05) is 24.5 Å². The van der Waals surface area contributed by atoms with E-state index < -0.39 is 0 Å². The predicted molar refractivity (Wildman–Crippen MR) is 86.5 cm³/mol. The Morgan fingerprint density at radius 3 is 2.81 bits per heavy atom. The molecule has 2 N–H and O–H groups in total. The SMILES string of the molecule is c1cc(CNc2ccc3[nH]c4c(c3c2)CCCC4)ccn1. The van der Waals surface area contributed by atoms with Crippen molar-refractivity contribution in [2.75, 3.05) is 5.32 Å². The number of aromatic amines is 1. The molecule has 0 saturated carbocycles. The maximum atomic E-state index is 4.05. The van der Waals surface area contributed by atoms with Gasteiger partial charge in [0.2, 0.25) is 0 Å². The van der Waals surface area contributed by atoms with E-state index in [2.05, 4.69) is 33.5 Å². The van der Waals surface area contributed by atoms with Crippen molar-refractivity contribution in [2.45, 2.75) is 32.2 Å². The maximum absolute atomic E-state index is 4.05. The van der Waals surface area contributed by atoms with Crippen molar-refractivity contribution in [1.82, 2.24) is 9.97 Å². The molecule has 3 heteroatoms. The number of pyridine rings is 1. The molecule has 3 nitrogen and oxygen atoms in total. The topological polar surface area (TPSA) is 40.7 Å². The van der Waals surface area contributed by atoms with Crippen molar-refractivity contribution >= 4 is 16.6 Å². The molecule has 0 unspecified atom stereocenters. The Labute approximate surface area is 124 Å². The summed E-state index contributed by atoms with van der Waals surface area (Å²) in [7, 11) is 0. The first-order chi connectivity index (χ1) is 10.4. The Hall–Kier alpha value is -2.29. The number of H-pyrrole nitrogens is 1. The molecule has 106 valence electrons. The van der Waals surface area contributed by atoms with Crippen LogP contribution in [0.1, 0.15) is 29.7 Å². The Kier molecular flexibility index (Phi) is 3.11. The zero-order chi connectivity index (χ0) is 14.1. The van der Waals surface area contributed by atoms with E-state index in [9.17, 15) is 0 Å². The molecule has 2 heterocycles. The lowest BCUT2D eigenvalue weighted by atomic mass is 9.95. The lowest BCUT2D eigenvalue weighted by Crippen LogP contribution is -2.00. The lowest BCUT2D eigenvalue weighted by molar-refractivity contribution is 0.680. The molecule has 0 bridgehead atoms. The van der Waals surface area contributed by atoms with E-state index in [0.29, 0.717) is 0 Å². The first-order valence-electron chi connectivity index (χ1n) is 7.66. The zero-order valence-corrected chi connectivity index (χ0v) is 12.0. The lowest BCUT2D eigenvalue weighted by Gasteiger charge is -2.11. The fourth-order valence-electron chi connectivity index (χ4n) is 3.22. The second kappa shape index (κ2) is 5.24. The molecule has 2 aromatic heterocycles. The molecular weight excluding hydrogens is 258 g/mol. The number of rotatable bonds is 3. The summed E-state index contributed by atoms with van der Waals surface area (Å²) < 4.78 is 0. The number of aromatic nitrogens is 2. The standard InChI is InChI=1S/C18H19N3/c1-2-4-17-15(3-1)16-11-14(5-6-18(16)21-17)20-12-13-7-9-19-10-8-13/h5-11,20-21H,1-4,12H2. The van der Waals surface area contributed by atoms with Crippen LogP contribution in [0.15, 0.2) is 42.7 Å². The summed E-state index contributed by atoms with van der Waals surface area (Å²) in [5.74, 6) is 0. The molecule has 0 amide bonds. The van der Waals surface area contributed by atoms with Crippen molar-refractivity contribution in [1.29, 1.82) is 0 Å². The fourth-order valence-corrected chi connectivity index (χ4v) is 3.22. The summed E-state index contributed by atoms with van der Waals surface area (Å²) in [5, 5.41) is 4.90. The van der Waals surface area contributed by atoms with E-state index in [1.54, 1.807) is 0 Å². The van der Waals surface area contributed by atoms with Crippen LogP contribution in [0.4, 0.5) is 5.69 Å². The van der Waals surface area contributed by atoms with E-state index in [4.69, 9.17) is 0 Å². The minimum Gasteiger partial charge on any atom is -0.381 e. The van der Waals surface area contributed by atoms with Crippen LogP contribution in [-0.4, -0.2) is 9.97 Å². The van der Waals surface area contributed by atoms with Gasteiger partial charge in [-0.2, -0.15) is 0 Å². The smallest absolute Gasteiger partial charge is 0.0460 e. The molecule has 0 atom stereocenters. The van der Waals surface area contributed by atoms with E-state index in [1.165, 1.54) is 59.1 Å². The molecule has 0 fully saturated rings. The zero-order valence-electron chi connectivity index (χ0n) is 12.0. The summed E-state index contributed by atoms with van der Waals surface area (Å²) in [6.45, 7) is 0.834. The van der Waals surface area contributed by atoms with Gasteiger partial charge in [0.1, 0.15) is 0 Å². The number of benzene rings is 1. The number of hydrogen-bond acceptors (Lipinski definition) is 2. The number of hydrogen-bond donors (Lipinski definition) is 2. The Bertz CT molecular complexity index is 759. The van der Waals surface area contributed by atoms with Crippen LogP contribution in [0.2, 0.25) is 0 Å². The number of nitrogens with one attached hydrogen (secondary N) is 2. The van der Waals surface area contributed by atoms with Crippen LogP contribution in [0.3, 0.4) is 0 Å². The average Bonchev–Trinajstić information content (AvgIpc) is 2.92. The highest BCUT2D eigenvalue weighted by Gasteiger charge is 2.15. The minimum absolute atomic E-state index is 0.834. The first kappa shape index (κ1) is 12.5. The van der Waals surface area contributed by atoms with Crippen LogP contribution in [-0.2, 0) is 19.4 Å². The van der Waals surface area contributed by atoms with Gasteiger partial charge in [-0.25, -0.2) is 0 Å². The van der Waals surface area contributed by atoms with Gasteiger partial charge in [0, 0.05) is 41.2 Å². The second-order valence-corrected chi connectivity index (χ2v) is 5.76. The van der Waals surface area contributed by atoms with Crippen molar-refractivity contribution < 1.29 is 0 Å². The molecule has 1 aromatic carbocycles. The summed E-state index contributed by atoms with van der Waals surface area (Å²) >= 11 is 0. The van der Waals surface area contributed by atoms with Gasteiger partial charge in [0.15, 0.2) is 0 Å². The van der Waals surface area contributed by atoms with Gasteiger partial charge in [0.25, 0.3) is 0 Å². The van der Waals surface area contributed by atoms with Crippen molar-refractivity contribution in [3.8, 4) is 0 Å². The highest BCUT2D eigenvalue weighted by molar-refractivity contribution is 5.88. The van der Waals surface area contributed by atoms with Crippen LogP contribution in [0.5, 0.6) is 0 Å². The molecule has 1 aliphatic rings. The van der Waals surface area contributed by atoms with Gasteiger partial charge in [-0.3, -0.25) is 4.98 Å². The molecular formula is C18H19N3. The third-order valence-corrected chi connectivity index (χ3v) is 4.34. The molecule has 0 saturated heterocycles. The Morgan fingerprint density at radius 1 is 1.05 bits per heavy atom. The summed E-state index contributed by atoms with van der Waals surface area (Å²) in [6, 6.07) is 10.7. The molecule has 0 aliphatic heterocycles. The monoisotopic (exact) mass is 277 g/mol. The molecule has 21 heavy (non-hydrogen) atoms. The van der Waals surface area contributed by atoms with E-state index in [-0.39, 0.29) is 0 Å². The van der Waals surface area contributed by atoms with Gasteiger partial charge >= 0.3 is 0 Å². The summed E-state index contributed by atoms with van der Waals surface area (Å²) in [5.41, 5.74) is 6.69. The number of nitrogens with zero attached hydrogens (tertiary/aromatic N) is 1. The number of fused-ring (bicyclic) bond motifs is 3. The van der Waals surface area contributed by atoms with Crippen molar-refractivity contribution in [3.63, 3.8) is 0 Å². The molecule has 1 aliphatic carbocycles. The first-order valence-corrected chi connectivity index (χ1v) is 7.66. The second-order valence-electron chi connectivity index (χ2n) is 5.76. The molecule has 3 aromatic rings. The highest BCUT2D eigenvalue weighted by Crippen LogP contribution is 2.30. The third kappa shape index (κ3) is 2.40. The van der Waals surface area contributed by atoms with Gasteiger partial charge in [-0.15, -0.1) is 0 Å². The van der Waals surface area contributed by atoms with E-state index in [0.717, 1.165) is 6.54 Å². The Morgan fingerprint density at radius 2 is 1.90 bits per heavy atom. The van der Waals surface area contributed by atoms with Gasteiger partial charge < -0.3 is 10.3 Å². The maximum Gasteiger partial charge on any atom is 0.0460 e. The van der Waals surface area contributed by atoms with Gasteiger partial charge in [-0.05, 0) is 67.1 Å². The predicted octanol–water partition coefficient (Wildman–Crippen LogP) is 4.05. The normalized spacial score (nSPS) is 14.1. The summed E-state index contributed by atoms with van der Waals surface area (Å²) in [6.07, 6.45) is 8.71. The van der Waals surface area contributed by atoms with Crippen molar-refractivity contribution in [2.24, 2.45) is 0 Å². The summed E-state index contributed by atoms with van der Waals surface area (Å²) in [4.78, 5) is 7.63. The largest absolute Gasteiger partial charge is 0.381 e. The molecule has 4 rings (SSSR count). The average molecular weight is 277 g/mol. The third-order valence-electron chi connectivity index (χ3n) is 4.34. The van der Waals surface area contributed by atoms with Crippen LogP contribution in [0, 0.1) is 0 Å². The van der Waals surface area contributed by atoms with E-state index >= 15 is 0 Å². The molecule has 0 radical (unpaired) electrons.